The average Bonchev–Trinajstić information content (AvgIpc) is 2.28. The van der Waals surface area contributed by atoms with Crippen LogP contribution >= 0.6 is 0 Å². The van der Waals surface area contributed by atoms with Gasteiger partial charge in [-0.25, -0.2) is 4.90 Å². The number of amides is 2. The molecule has 3 N–H and O–H groups in total. The number of imide groups is 1. The molecule has 0 saturated carbocycles. The number of aliphatic hydroxyl groups is 1. The molecule has 1 aromatic rings. The lowest BCUT2D eigenvalue weighted by atomic mass is 10.0. The number of rotatable bonds is 1. The van der Waals surface area contributed by atoms with E-state index in [4.69, 9.17) is 10.8 Å². The van der Waals surface area contributed by atoms with Crippen molar-refractivity contribution in [3.63, 3.8) is 0 Å². The van der Waals surface area contributed by atoms with Gasteiger partial charge < -0.3 is 10.8 Å². The van der Waals surface area contributed by atoms with Crippen molar-refractivity contribution in [1.29, 1.82) is 0 Å². The number of benzene rings is 1. The van der Waals surface area contributed by atoms with E-state index in [1.807, 2.05) is 0 Å². The number of nitrogens with two attached hydrogens (primary N) is 1. The molecule has 16 heavy (non-hydrogen) atoms. The van der Waals surface area contributed by atoms with Crippen molar-refractivity contribution < 1.29 is 14.7 Å². The topological polar surface area (TPSA) is 83.6 Å². The van der Waals surface area contributed by atoms with Crippen molar-refractivity contribution >= 4 is 23.2 Å². The van der Waals surface area contributed by atoms with Crippen molar-refractivity contribution in [3.05, 3.63) is 23.8 Å². The Morgan fingerprint density at radius 1 is 1.44 bits per heavy atom. The molecule has 1 aliphatic heterocycles. The Hall–Kier alpha value is -1.88. The van der Waals surface area contributed by atoms with Gasteiger partial charge in [-0.05, 0) is 30.2 Å². The lowest BCUT2D eigenvalue weighted by Crippen LogP contribution is -2.41. The summed E-state index contributed by atoms with van der Waals surface area (Å²) in [7, 11) is 0. The second-order valence-electron chi connectivity index (χ2n) is 3.67. The third-order valence-corrected chi connectivity index (χ3v) is 2.59. The molecule has 0 fully saturated rings. The van der Waals surface area contributed by atoms with Gasteiger partial charge in [0.25, 0.3) is 5.91 Å². The molecule has 0 bridgehead atoms. The maximum Gasteiger partial charge on any atom is 0.259 e. The first kappa shape index (κ1) is 10.6. The highest BCUT2D eigenvalue weighted by Crippen LogP contribution is 2.29. The highest BCUT2D eigenvalue weighted by molar-refractivity contribution is 6.16. The molecular formula is C11H12N2O3. The summed E-state index contributed by atoms with van der Waals surface area (Å²) in [6.45, 7) is -0.671. The second kappa shape index (κ2) is 3.94. The zero-order chi connectivity index (χ0) is 11.7. The molecule has 1 aliphatic rings. The molecule has 5 nitrogen and oxygen atoms in total. The van der Waals surface area contributed by atoms with E-state index in [1.54, 1.807) is 18.2 Å². The number of nitrogen functional groups attached to an aromatic ring is 1. The second-order valence-corrected chi connectivity index (χ2v) is 3.67. The van der Waals surface area contributed by atoms with Crippen LogP contribution in [-0.4, -0.2) is 23.5 Å². The fraction of sp³-hybridized carbons (Fsp3) is 0.273. The monoisotopic (exact) mass is 220 g/mol. The lowest BCUT2D eigenvalue weighted by Gasteiger charge is -2.27. The highest BCUT2D eigenvalue weighted by atomic mass is 16.3. The molecule has 0 aromatic heterocycles. The minimum absolute atomic E-state index is 0.266. The van der Waals surface area contributed by atoms with Crippen molar-refractivity contribution in [2.45, 2.75) is 12.8 Å². The minimum Gasteiger partial charge on any atom is -0.399 e. The summed E-state index contributed by atoms with van der Waals surface area (Å²) in [6, 6.07) is 5.02. The van der Waals surface area contributed by atoms with Crippen LogP contribution in [0.2, 0.25) is 0 Å². The Kier molecular flexibility index (Phi) is 2.62. The van der Waals surface area contributed by atoms with Gasteiger partial charge in [0.15, 0.2) is 0 Å². The van der Waals surface area contributed by atoms with Gasteiger partial charge in [-0.15, -0.1) is 0 Å². The third kappa shape index (κ3) is 1.65. The first-order valence-electron chi connectivity index (χ1n) is 4.98. The van der Waals surface area contributed by atoms with Crippen LogP contribution in [0.4, 0.5) is 11.4 Å². The van der Waals surface area contributed by atoms with Crippen LogP contribution < -0.4 is 10.6 Å². The number of nitrogens with zero attached hydrogens (tertiary/aromatic N) is 1. The lowest BCUT2D eigenvalue weighted by molar-refractivity contribution is -0.128. The molecule has 0 spiro atoms. The van der Waals surface area contributed by atoms with Crippen molar-refractivity contribution in [1.82, 2.24) is 0 Å². The molecule has 84 valence electrons. The van der Waals surface area contributed by atoms with E-state index in [2.05, 4.69) is 0 Å². The zero-order valence-electron chi connectivity index (χ0n) is 8.64. The average molecular weight is 220 g/mol. The number of carbonyl (C=O) groups excluding carboxylic acids is 2. The maximum atomic E-state index is 11.6. The van der Waals surface area contributed by atoms with E-state index in [0.717, 1.165) is 10.5 Å². The summed E-state index contributed by atoms with van der Waals surface area (Å²) >= 11 is 0. The van der Waals surface area contributed by atoms with Gasteiger partial charge in [0.2, 0.25) is 5.91 Å². The number of aliphatic hydroxyl groups excluding tert-OH is 1. The molecule has 1 aromatic carbocycles. The third-order valence-electron chi connectivity index (χ3n) is 2.59. The van der Waals surface area contributed by atoms with E-state index < -0.39 is 12.5 Å². The van der Waals surface area contributed by atoms with E-state index in [0.29, 0.717) is 17.8 Å². The quantitative estimate of drug-likeness (QED) is 0.656. The van der Waals surface area contributed by atoms with E-state index in [-0.39, 0.29) is 12.3 Å². The van der Waals surface area contributed by atoms with Crippen molar-refractivity contribution in [2.75, 3.05) is 17.2 Å². The van der Waals surface area contributed by atoms with Gasteiger partial charge in [-0.2, -0.15) is 0 Å². The molecule has 0 saturated heterocycles. The summed E-state index contributed by atoms with van der Waals surface area (Å²) < 4.78 is 0. The number of hydrogen-bond donors (Lipinski definition) is 2. The van der Waals surface area contributed by atoms with Gasteiger partial charge >= 0.3 is 0 Å². The maximum absolute atomic E-state index is 11.6. The van der Waals surface area contributed by atoms with Crippen LogP contribution in [0, 0.1) is 0 Å². The molecule has 0 aliphatic carbocycles. The van der Waals surface area contributed by atoms with Crippen LogP contribution in [-0.2, 0) is 16.0 Å². The van der Waals surface area contributed by atoms with E-state index >= 15 is 0 Å². The van der Waals surface area contributed by atoms with Crippen LogP contribution in [0.15, 0.2) is 18.2 Å². The smallest absolute Gasteiger partial charge is 0.259 e. The summed E-state index contributed by atoms with van der Waals surface area (Å²) in [5.74, 6) is -0.882. The molecule has 0 unspecified atom stereocenters. The first-order chi connectivity index (χ1) is 7.63. The van der Waals surface area contributed by atoms with E-state index in [1.165, 1.54) is 0 Å². The largest absolute Gasteiger partial charge is 0.399 e. The summed E-state index contributed by atoms with van der Waals surface area (Å²) in [5, 5.41) is 8.82. The summed E-state index contributed by atoms with van der Waals surface area (Å²) in [6.07, 6.45) is 0.844. The van der Waals surface area contributed by atoms with Crippen molar-refractivity contribution in [3.8, 4) is 0 Å². The van der Waals surface area contributed by atoms with Crippen LogP contribution in [0.25, 0.3) is 0 Å². The number of fused-ring (bicyclic) bond motifs is 1. The Balaban J connectivity index is 2.48. The predicted octanol–water partition coefficient (Wildman–Crippen LogP) is 0.0669. The van der Waals surface area contributed by atoms with Gasteiger partial charge in [0.05, 0.1) is 5.69 Å². The van der Waals surface area contributed by atoms with Gasteiger partial charge in [0, 0.05) is 12.1 Å². The fourth-order valence-corrected chi connectivity index (χ4v) is 1.86. The van der Waals surface area contributed by atoms with Gasteiger partial charge in [-0.3, -0.25) is 9.59 Å². The molecule has 0 atom stereocenters. The molecule has 2 rings (SSSR count). The normalized spacial score (nSPS) is 14.8. The Morgan fingerprint density at radius 2 is 2.19 bits per heavy atom. The number of anilines is 2. The predicted molar refractivity (Wildman–Crippen MR) is 58.8 cm³/mol. The summed E-state index contributed by atoms with van der Waals surface area (Å²) in [4.78, 5) is 24.1. The van der Waals surface area contributed by atoms with Crippen LogP contribution in [0.1, 0.15) is 12.0 Å². The Labute approximate surface area is 92.5 Å². The Bertz CT molecular complexity index is 457. The minimum atomic E-state index is -0.671. The van der Waals surface area contributed by atoms with Crippen LogP contribution in [0.5, 0.6) is 0 Å². The highest BCUT2D eigenvalue weighted by Gasteiger charge is 2.28. The SMILES string of the molecule is Nc1ccc2c(c1)CCC(=O)N2C(=O)CO. The molecule has 1 heterocycles. The Morgan fingerprint density at radius 3 is 2.88 bits per heavy atom. The number of aryl methyl sites for hydroxylation is 1. The molecule has 0 radical (unpaired) electrons. The van der Waals surface area contributed by atoms with Crippen molar-refractivity contribution in [2.24, 2.45) is 0 Å². The van der Waals surface area contributed by atoms with Gasteiger partial charge in [-0.1, -0.05) is 0 Å². The zero-order valence-corrected chi connectivity index (χ0v) is 8.64. The number of hydrogen-bond acceptors (Lipinski definition) is 4. The van der Waals surface area contributed by atoms with E-state index in [9.17, 15) is 9.59 Å². The molecule has 2 amide bonds. The molecular weight excluding hydrogens is 208 g/mol. The first-order valence-corrected chi connectivity index (χ1v) is 4.98. The van der Waals surface area contributed by atoms with Gasteiger partial charge in [0.1, 0.15) is 6.61 Å². The fourth-order valence-electron chi connectivity index (χ4n) is 1.86. The summed E-state index contributed by atoms with van der Waals surface area (Å²) in [5.41, 5.74) is 7.63. The number of carbonyl (C=O) groups is 2. The molecule has 5 heteroatoms. The van der Waals surface area contributed by atoms with Crippen LogP contribution in [0.3, 0.4) is 0 Å². The standard InChI is InChI=1S/C11H12N2O3/c12-8-2-3-9-7(5-8)1-4-10(15)13(9)11(16)6-14/h2-3,5,14H,1,4,6,12H2.